The van der Waals surface area contributed by atoms with Gasteiger partial charge in [-0.25, -0.2) is 8.42 Å². The number of nitrogens with one attached hydrogen (secondary N) is 1. The second-order valence-electron chi connectivity index (χ2n) is 7.23. The van der Waals surface area contributed by atoms with Crippen LogP contribution in [0.5, 0.6) is 0 Å². The van der Waals surface area contributed by atoms with Crippen LogP contribution in [0.2, 0.25) is 0 Å². The lowest BCUT2D eigenvalue weighted by atomic mass is 10.0. The number of carbonyl (C=O) groups excluding carboxylic acids is 1. The van der Waals surface area contributed by atoms with E-state index in [0.717, 1.165) is 19.4 Å². The summed E-state index contributed by atoms with van der Waals surface area (Å²) in [5, 5.41) is 2.84. The van der Waals surface area contributed by atoms with Gasteiger partial charge in [0.1, 0.15) is 0 Å². The highest BCUT2D eigenvalue weighted by molar-refractivity contribution is 7.89. The summed E-state index contributed by atoms with van der Waals surface area (Å²) in [7, 11) is -3.48. The Hall–Kier alpha value is -1.44. The Bertz CT molecular complexity index is 712. The second kappa shape index (κ2) is 8.97. The van der Waals surface area contributed by atoms with Gasteiger partial charge >= 0.3 is 0 Å². The third kappa shape index (κ3) is 5.05. The molecule has 1 N–H and O–H groups in total. The predicted molar refractivity (Wildman–Crippen MR) is 105 cm³/mol. The molecule has 1 heterocycles. The Morgan fingerprint density at radius 2 is 1.88 bits per heavy atom. The van der Waals surface area contributed by atoms with E-state index < -0.39 is 10.0 Å². The van der Waals surface area contributed by atoms with E-state index in [-0.39, 0.29) is 10.8 Å². The molecule has 1 amide bonds. The molecule has 0 aromatic heterocycles. The first-order valence-electron chi connectivity index (χ1n) is 9.39. The number of nitrogens with zero attached hydrogens (tertiary/aromatic N) is 2. The van der Waals surface area contributed by atoms with Crippen LogP contribution in [0, 0.1) is 5.92 Å². The molecule has 1 fully saturated rings. The van der Waals surface area contributed by atoms with Gasteiger partial charge in [-0.15, -0.1) is 0 Å². The maximum absolute atomic E-state index is 12.7. The molecule has 0 bridgehead atoms. The lowest BCUT2D eigenvalue weighted by molar-refractivity contribution is -0.117. The number of likely N-dealkylation sites (N-methyl/N-ethyl adjacent to an activating group) is 1. The number of sulfonamides is 1. The number of benzene rings is 1. The van der Waals surface area contributed by atoms with Gasteiger partial charge in [0.15, 0.2) is 0 Å². The summed E-state index contributed by atoms with van der Waals surface area (Å²) < 4.78 is 26.8. The quantitative estimate of drug-likeness (QED) is 0.752. The lowest BCUT2D eigenvalue weighted by Crippen LogP contribution is -2.41. The smallest absolute Gasteiger partial charge is 0.243 e. The molecule has 6 nitrogen and oxygen atoms in total. The molecule has 1 aliphatic rings. The average molecular weight is 382 g/mol. The monoisotopic (exact) mass is 381 g/mol. The van der Waals surface area contributed by atoms with Gasteiger partial charge in [-0.3, -0.25) is 9.69 Å². The van der Waals surface area contributed by atoms with E-state index in [1.807, 2.05) is 6.92 Å². The Labute approximate surface area is 157 Å². The summed E-state index contributed by atoms with van der Waals surface area (Å²) in [4.78, 5) is 14.8. The van der Waals surface area contributed by atoms with Gasteiger partial charge in [-0.1, -0.05) is 26.8 Å². The van der Waals surface area contributed by atoms with Crippen LogP contribution in [0.25, 0.3) is 0 Å². The van der Waals surface area contributed by atoms with Crippen LogP contribution in [0.1, 0.15) is 40.5 Å². The van der Waals surface area contributed by atoms with Crippen LogP contribution < -0.4 is 5.32 Å². The molecule has 1 atom stereocenters. The van der Waals surface area contributed by atoms with Gasteiger partial charge in [0, 0.05) is 24.8 Å². The van der Waals surface area contributed by atoms with Crippen molar-refractivity contribution >= 4 is 21.6 Å². The zero-order valence-corrected chi connectivity index (χ0v) is 17.1. The van der Waals surface area contributed by atoms with Gasteiger partial charge in [-0.2, -0.15) is 4.31 Å². The minimum Gasteiger partial charge on any atom is -0.325 e. The van der Waals surface area contributed by atoms with Crippen LogP contribution >= 0.6 is 0 Å². The highest BCUT2D eigenvalue weighted by atomic mass is 32.2. The van der Waals surface area contributed by atoms with Crippen molar-refractivity contribution in [2.45, 2.75) is 51.5 Å². The van der Waals surface area contributed by atoms with Gasteiger partial charge in [0.05, 0.1) is 11.4 Å². The van der Waals surface area contributed by atoms with Crippen molar-refractivity contribution in [2.75, 3.05) is 31.5 Å². The first-order valence-corrected chi connectivity index (χ1v) is 10.8. The topological polar surface area (TPSA) is 69.7 Å². The van der Waals surface area contributed by atoms with E-state index in [9.17, 15) is 13.2 Å². The summed E-state index contributed by atoms with van der Waals surface area (Å²) in [5.41, 5.74) is 0.517. The zero-order chi connectivity index (χ0) is 19.3. The van der Waals surface area contributed by atoms with Crippen molar-refractivity contribution in [3.8, 4) is 0 Å². The molecule has 146 valence electrons. The third-order valence-corrected chi connectivity index (χ3v) is 7.01. The van der Waals surface area contributed by atoms with Crippen molar-refractivity contribution in [2.24, 2.45) is 5.92 Å². The molecule has 7 heteroatoms. The molecule has 0 spiro atoms. The zero-order valence-electron chi connectivity index (χ0n) is 16.2. The van der Waals surface area contributed by atoms with Crippen LogP contribution in [0.4, 0.5) is 5.69 Å². The molecule has 0 radical (unpaired) electrons. The summed E-state index contributed by atoms with van der Waals surface area (Å²) in [5.74, 6) is 0.326. The van der Waals surface area contributed by atoms with Gasteiger partial charge in [0.25, 0.3) is 0 Å². The largest absolute Gasteiger partial charge is 0.325 e. The molecular formula is C19H31N3O3S. The standard InChI is InChI=1S/C19H31N3O3S/c1-5-21(16(4)15(2)3)14-19(23)20-17-9-8-10-18(13-17)26(24,25)22-11-6-7-12-22/h8-10,13,15-16H,5-7,11-12,14H2,1-4H3,(H,20,23). The van der Waals surface area contributed by atoms with Gasteiger partial charge < -0.3 is 5.32 Å². The number of carbonyl (C=O) groups is 1. The molecular weight excluding hydrogens is 350 g/mol. The molecule has 0 aliphatic carbocycles. The van der Waals surface area contributed by atoms with E-state index in [1.165, 1.54) is 4.31 Å². The van der Waals surface area contributed by atoms with E-state index >= 15 is 0 Å². The molecule has 0 saturated carbocycles. The van der Waals surface area contributed by atoms with E-state index in [0.29, 0.717) is 37.3 Å². The van der Waals surface area contributed by atoms with Crippen LogP contribution in [0.15, 0.2) is 29.2 Å². The van der Waals surface area contributed by atoms with Crippen molar-refractivity contribution in [1.29, 1.82) is 0 Å². The maximum atomic E-state index is 12.7. The van der Waals surface area contributed by atoms with Crippen molar-refractivity contribution in [3.63, 3.8) is 0 Å². The Morgan fingerprint density at radius 3 is 2.46 bits per heavy atom. The lowest BCUT2D eigenvalue weighted by Gasteiger charge is -2.30. The fourth-order valence-corrected chi connectivity index (χ4v) is 4.73. The summed E-state index contributed by atoms with van der Waals surface area (Å²) >= 11 is 0. The molecule has 1 unspecified atom stereocenters. The molecule has 1 saturated heterocycles. The highest BCUT2D eigenvalue weighted by Gasteiger charge is 2.27. The second-order valence-corrected chi connectivity index (χ2v) is 9.17. The van der Waals surface area contributed by atoms with Crippen LogP contribution in [-0.4, -0.2) is 55.8 Å². The van der Waals surface area contributed by atoms with E-state index in [4.69, 9.17) is 0 Å². The Morgan fingerprint density at radius 1 is 1.23 bits per heavy atom. The average Bonchev–Trinajstić information content (AvgIpc) is 3.14. The first-order chi connectivity index (χ1) is 12.3. The summed E-state index contributed by atoms with van der Waals surface area (Å²) in [6.45, 7) is 10.6. The summed E-state index contributed by atoms with van der Waals surface area (Å²) in [6.07, 6.45) is 1.80. The van der Waals surface area contributed by atoms with E-state index in [1.54, 1.807) is 24.3 Å². The third-order valence-electron chi connectivity index (χ3n) is 5.11. The fraction of sp³-hybridized carbons (Fsp3) is 0.632. The molecule has 1 aromatic carbocycles. The summed E-state index contributed by atoms with van der Waals surface area (Å²) in [6, 6.07) is 6.83. The normalized spacial score (nSPS) is 17.0. The molecule has 26 heavy (non-hydrogen) atoms. The number of hydrogen-bond acceptors (Lipinski definition) is 4. The Kier molecular flexibility index (Phi) is 7.20. The minimum absolute atomic E-state index is 0.130. The number of anilines is 1. The molecule has 2 rings (SSSR count). The van der Waals surface area contributed by atoms with Gasteiger partial charge in [0.2, 0.25) is 15.9 Å². The highest BCUT2D eigenvalue weighted by Crippen LogP contribution is 2.23. The Balaban J connectivity index is 2.07. The molecule has 1 aromatic rings. The number of rotatable bonds is 8. The van der Waals surface area contributed by atoms with Crippen molar-refractivity contribution < 1.29 is 13.2 Å². The predicted octanol–water partition coefficient (Wildman–Crippen LogP) is 2.78. The maximum Gasteiger partial charge on any atom is 0.243 e. The van der Waals surface area contributed by atoms with Crippen molar-refractivity contribution in [1.82, 2.24) is 9.21 Å². The first kappa shape index (κ1) is 20.9. The molecule has 1 aliphatic heterocycles. The number of hydrogen-bond donors (Lipinski definition) is 1. The fourth-order valence-electron chi connectivity index (χ4n) is 3.16. The SMILES string of the molecule is CCN(CC(=O)Nc1cccc(S(=O)(=O)N2CCCC2)c1)C(C)C(C)C. The van der Waals surface area contributed by atoms with Crippen LogP contribution in [-0.2, 0) is 14.8 Å². The number of amides is 1. The minimum atomic E-state index is -3.48. The van der Waals surface area contributed by atoms with E-state index in [2.05, 4.69) is 31.0 Å². The van der Waals surface area contributed by atoms with Crippen molar-refractivity contribution in [3.05, 3.63) is 24.3 Å². The van der Waals surface area contributed by atoms with Crippen LogP contribution in [0.3, 0.4) is 0 Å². The van der Waals surface area contributed by atoms with Gasteiger partial charge in [-0.05, 0) is 50.4 Å².